The van der Waals surface area contributed by atoms with E-state index in [1.165, 1.54) is 26.8 Å². The van der Waals surface area contributed by atoms with E-state index in [2.05, 4.69) is 10.2 Å². The SMILES string of the molecule is Cc1c(Cl)cccc1-n1ccn2c(SCc3ccccc3SC(F)(F)F)nnc2c1=O. The molecule has 0 unspecified atom stereocenters. The monoisotopic (exact) mass is 482 g/mol. The highest BCUT2D eigenvalue weighted by molar-refractivity contribution is 8.00. The fraction of sp³-hybridized carbons (Fsp3) is 0.150. The summed E-state index contributed by atoms with van der Waals surface area (Å²) in [6.07, 6.45) is 3.24. The highest BCUT2D eigenvalue weighted by Crippen LogP contribution is 2.39. The molecule has 0 saturated heterocycles. The van der Waals surface area contributed by atoms with E-state index in [1.807, 2.05) is 6.92 Å². The van der Waals surface area contributed by atoms with E-state index >= 15 is 0 Å². The molecule has 2 heterocycles. The summed E-state index contributed by atoms with van der Waals surface area (Å²) in [6, 6.07) is 11.6. The number of fused-ring (bicyclic) bond motifs is 1. The number of hydrogen-bond donors (Lipinski definition) is 0. The van der Waals surface area contributed by atoms with Gasteiger partial charge >= 0.3 is 11.1 Å². The smallest absolute Gasteiger partial charge is 0.279 e. The summed E-state index contributed by atoms with van der Waals surface area (Å²) in [4.78, 5) is 13.1. The zero-order chi connectivity index (χ0) is 22.2. The van der Waals surface area contributed by atoms with Crippen molar-refractivity contribution in [2.75, 3.05) is 0 Å². The lowest BCUT2D eigenvalue weighted by Crippen LogP contribution is -2.21. The quantitative estimate of drug-likeness (QED) is 0.339. The first-order chi connectivity index (χ1) is 14.7. The summed E-state index contributed by atoms with van der Waals surface area (Å²) in [7, 11) is 0. The van der Waals surface area contributed by atoms with Crippen LogP contribution in [0.5, 0.6) is 0 Å². The van der Waals surface area contributed by atoms with E-state index in [0.29, 0.717) is 21.4 Å². The molecule has 4 rings (SSSR count). The molecule has 0 aliphatic heterocycles. The second kappa shape index (κ2) is 8.60. The van der Waals surface area contributed by atoms with Gasteiger partial charge < -0.3 is 0 Å². The number of aromatic nitrogens is 4. The Bertz CT molecular complexity index is 1320. The Hall–Kier alpha value is -2.43. The van der Waals surface area contributed by atoms with Gasteiger partial charge in [0.1, 0.15) is 0 Å². The zero-order valence-electron chi connectivity index (χ0n) is 15.9. The van der Waals surface area contributed by atoms with E-state index < -0.39 is 5.51 Å². The van der Waals surface area contributed by atoms with Gasteiger partial charge in [-0.1, -0.05) is 47.6 Å². The Morgan fingerprint density at radius 2 is 1.84 bits per heavy atom. The average molecular weight is 483 g/mol. The molecule has 5 nitrogen and oxygen atoms in total. The van der Waals surface area contributed by atoms with Crippen LogP contribution in [-0.4, -0.2) is 24.7 Å². The van der Waals surface area contributed by atoms with Crippen molar-refractivity contribution in [3.8, 4) is 5.69 Å². The van der Waals surface area contributed by atoms with Gasteiger partial charge in [-0.05, 0) is 48.0 Å². The Kier molecular flexibility index (Phi) is 6.05. The molecule has 0 atom stereocenters. The number of alkyl halides is 3. The summed E-state index contributed by atoms with van der Waals surface area (Å²) in [6.45, 7) is 1.82. The molecule has 31 heavy (non-hydrogen) atoms. The molecule has 0 aliphatic rings. The van der Waals surface area contributed by atoms with E-state index in [4.69, 9.17) is 11.6 Å². The van der Waals surface area contributed by atoms with Crippen molar-refractivity contribution < 1.29 is 13.2 Å². The number of hydrogen-bond acceptors (Lipinski definition) is 5. The largest absolute Gasteiger partial charge is 0.446 e. The predicted octanol–water partition coefficient (Wildman–Crippen LogP) is 5.75. The minimum Gasteiger partial charge on any atom is -0.279 e. The summed E-state index contributed by atoms with van der Waals surface area (Å²) in [5.41, 5.74) is -2.72. The molecular formula is C20H14ClF3N4OS2. The van der Waals surface area contributed by atoms with Crippen molar-refractivity contribution in [3.63, 3.8) is 0 Å². The van der Waals surface area contributed by atoms with Gasteiger partial charge in [0.15, 0.2) is 5.16 Å². The maximum absolute atomic E-state index is 12.9. The van der Waals surface area contributed by atoms with Crippen LogP contribution in [0.1, 0.15) is 11.1 Å². The molecule has 2 aromatic heterocycles. The minimum atomic E-state index is -4.37. The van der Waals surface area contributed by atoms with Gasteiger partial charge in [-0.2, -0.15) is 13.2 Å². The first kappa shape index (κ1) is 21.8. The Labute approximate surface area is 188 Å². The number of benzene rings is 2. The third-order valence-corrected chi connectivity index (χ3v) is 6.74. The molecular weight excluding hydrogens is 469 g/mol. The topological polar surface area (TPSA) is 52.2 Å². The predicted molar refractivity (Wildman–Crippen MR) is 116 cm³/mol. The lowest BCUT2D eigenvalue weighted by molar-refractivity contribution is -0.0328. The third-order valence-electron chi connectivity index (χ3n) is 4.49. The van der Waals surface area contributed by atoms with Crippen LogP contribution in [0.25, 0.3) is 11.3 Å². The normalized spacial score (nSPS) is 11.9. The van der Waals surface area contributed by atoms with Crippen LogP contribution in [0.15, 0.2) is 69.7 Å². The Morgan fingerprint density at radius 3 is 2.61 bits per heavy atom. The molecule has 2 aromatic carbocycles. The van der Waals surface area contributed by atoms with E-state index in [9.17, 15) is 18.0 Å². The van der Waals surface area contributed by atoms with Crippen LogP contribution in [-0.2, 0) is 5.75 Å². The molecule has 0 radical (unpaired) electrons. The Balaban J connectivity index is 1.64. The van der Waals surface area contributed by atoms with Gasteiger partial charge in [0.2, 0.25) is 5.65 Å². The summed E-state index contributed by atoms with van der Waals surface area (Å²) in [5, 5.41) is 9.00. The van der Waals surface area contributed by atoms with Crippen LogP contribution < -0.4 is 5.56 Å². The van der Waals surface area contributed by atoms with Crippen molar-refractivity contribution in [1.29, 1.82) is 0 Å². The molecule has 0 aliphatic carbocycles. The van der Waals surface area contributed by atoms with Crippen LogP contribution in [0, 0.1) is 6.92 Å². The van der Waals surface area contributed by atoms with Crippen molar-refractivity contribution in [3.05, 3.63) is 81.4 Å². The molecule has 4 aromatic rings. The number of halogens is 4. The molecule has 0 saturated carbocycles. The molecule has 11 heteroatoms. The number of nitrogens with zero attached hydrogens (tertiary/aromatic N) is 4. The van der Waals surface area contributed by atoms with Crippen LogP contribution in [0.4, 0.5) is 13.2 Å². The summed E-state index contributed by atoms with van der Waals surface area (Å²) >= 11 is 7.22. The average Bonchev–Trinajstić information content (AvgIpc) is 3.13. The van der Waals surface area contributed by atoms with Gasteiger partial charge in [0.05, 0.1) is 5.69 Å². The van der Waals surface area contributed by atoms with E-state index in [-0.39, 0.29) is 33.6 Å². The van der Waals surface area contributed by atoms with Crippen molar-refractivity contribution in [2.45, 2.75) is 28.2 Å². The summed E-state index contributed by atoms with van der Waals surface area (Å²) < 4.78 is 41.4. The molecule has 160 valence electrons. The highest BCUT2D eigenvalue weighted by Gasteiger charge is 2.30. The minimum absolute atomic E-state index is 0.113. The summed E-state index contributed by atoms with van der Waals surface area (Å²) in [5.74, 6) is 0.247. The first-order valence-electron chi connectivity index (χ1n) is 8.93. The molecule has 0 fully saturated rings. The number of rotatable bonds is 5. The van der Waals surface area contributed by atoms with E-state index in [0.717, 1.165) is 5.56 Å². The van der Waals surface area contributed by atoms with E-state index in [1.54, 1.807) is 48.8 Å². The second-order valence-corrected chi connectivity index (χ2v) is 8.93. The van der Waals surface area contributed by atoms with Gasteiger partial charge in [-0.25, -0.2) is 0 Å². The van der Waals surface area contributed by atoms with Crippen LogP contribution in [0.3, 0.4) is 0 Å². The van der Waals surface area contributed by atoms with Crippen molar-refractivity contribution >= 4 is 40.8 Å². The fourth-order valence-corrected chi connectivity index (χ4v) is 4.85. The third kappa shape index (κ3) is 4.60. The van der Waals surface area contributed by atoms with Gasteiger partial charge in [-0.3, -0.25) is 13.8 Å². The van der Waals surface area contributed by atoms with Crippen LogP contribution in [0.2, 0.25) is 5.02 Å². The van der Waals surface area contributed by atoms with Crippen LogP contribution >= 0.6 is 35.1 Å². The van der Waals surface area contributed by atoms with Crippen molar-refractivity contribution in [1.82, 2.24) is 19.2 Å². The zero-order valence-corrected chi connectivity index (χ0v) is 18.3. The van der Waals surface area contributed by atoms with Crippen molar-refractivity contribution in [2.24, 2.45) is 0 Å². The van der Waals surface area contributed by atoms with Gasteiger partial charge in [0.25, 0.3) is 0 Å². The fourth-order valence-electron chi connectivity index (χ4n) is 3.00. The van der Waals surface area contributed by atoms with Gasteiger partial charge in [0, 0.05) is 28.1 Å². The maximum atomic E-state index is 12.9. The maximum Gasteiger partial charge on any atom is 0.446 e. The molecule has 0 bridgehead atoms. The molecule has 0 spiro atoms. The second-order valence-electron chi connectivity index (χ2n) is 6.48. The lowest BCUT2D eigenvalue weighted by atomic mass is 10.2. The first-order valence-corrected chi connectivity index (χ1v) is 11.1. The molecule has 0 amide bonds. The highest BCUT2D eigenvalue weighted by atomic mass is 35.5. The van der Waals surface area contributed by atoms with Gasteiger partial charge in [-0.15, -0.1) is 10.2 Å². The lowest BCUT2D eigenvalue weighted by Gasteiger charge is -2.11. The number of thioether (sulfide) groups is 2. The standard InChI is InChI=1S/C20H14ClF3N4OS2/c1-12-14(21)6-4-7-15(12)27-9-10-28-17(18(27)29)25-26-19(28)30-11-13-5-2-3-8-16(13)31-20(22,23)24/h2-10H,11H2,1H3. The molecule has 0 N–H and O–H groups in total. The Morgan fingerprint density at radius 1 is 1.06 bits per heavy atom.